The number of halogens is 1. The molecule has 5 heteroatoms. The second kappa shape index (κ2) is 6.11. The van der Waals surface area contributed by atoms with Crippen LogP contribution in [-0.4, -0.2) is 36.1 Å². The van der Waals surface area contributed by atoms with E-state index >= 15 is 0 Å². The number of ether oxygens (including phenoxy) is 1. The topological polar surface area (TPSA) is 38.5 Å². The van der Waals surface area contributed by atoms with Gasteiger partial charge in [0.2, 0.25) is 0 Å². The molecule has 1 saturated heterocycles. The molecule has 0 atom stereocenters. The van der Waals surface area contributed by atoms with Gasteiger partial charge in [0, 0.05) is 6.54 Å². The maximum absolute atomic E-state index is 13.1. The first kappa shape index (κ1) is 13.2. The van der Waals surface area contributed by atoms with E-state index < -0.39 is 0 Å². The second-order valence-corrected chi connectivity index (χ2v) is 4.84. The smallest absolute Gasteiger partial charge is 0.129 e. The Balaban J connectivity index is 1.93. The van der Waals surface area contributed by atoms with Gasteiger partial charge < -0.3 is 10.5 Å². The molecule has 98 valence electrons. The van der Waals surface area contributed by atoms with Crippen LogP contribution in [0.2, 0.25) is 0 Å². The van der Waals surface area contributed by atoms with Crippen LogP contribution in [0, 0.1) is 5.82 Å². The second-order valence-electron chi connectivity index (χ2n) is 4.40. The van der Waals surface area contributed by atoms with E-state index in [0.717, 1.165) is 19.6 Å². The molecule has 1 fully saturated rings. The van der Waals surface area contributed by atoms with Crippen LogP contribution in [-0.2, 0) is 0 Å². The highest BCUT2D eigenvalue weighted by Gasteiger charge is 2.12. The SMILES string of the molecule is NC(=S)c1cc(F)ccc1OCCN1CCCC1. The summed E-state index contributed by atoms with van der Waals surface area (Å²) in [4.78, 5) is 2.51. The van der Waals surface area contributed by atoms with Gasteiger partial charge in [-0.3, -0.25) is 4.90 Å². The summed E-state index contributed by atoms with van der Waals surface area (Å²) in [6.07, 6.45) is 2.52. The van der Waals surface area contributed by atoms with Gasteiger partial charge in [-0.05, 0) is 44.1 Å². The van der Waals surface area contributed by atoms with Crippen molar-refractivity contribution >= 4 is 17.2 Å². The molecule has 0 aliphatic carbocycles. The summed E-state index contributed by atoms with van der Waals surface area (Å²) >= 11 is 4.89. The molecule has 2 rings (SSSR count). The van der Waals surface area contributed by atoms with E-state index in [4.69, 9.17) is 22.7 Å². The van der Waals surface area contributed by atoms with Crippen LogP contribution < -0.4 is 10.5 Å². The zero-order valence-electron chi connectivity index (χ0n) is 10.2. The van der Waals surface area contributed by atoms with Crippen molar-refractivity contribution in [2.24, 2.45) is 5.73 Å². The molecule has 0 amide bonds. The predicted octanol–water partition coefficient (Wildman–Crippen LogP) is 1.93. The van der Waals surface area contributed by atoms with Crippen molar-refractivity contribution in [2.75, 3.05) is 26.2 Å². The fourth-order valence-electron chi connectivity index (χ4n) is 2.11. The molecule has 0 aromatic heterocycles. The van der Waals surface area contributed by atoms with Gasteiger partial charge in [0.25, 0.3) is 0 Å². The Morgan fingerprint density at radius 2 is 2.11 bits per heavy atom. The van der Waals surface area contributed by atoms with E-state index in [0.29, 0.717) is 17.9 Å². The Kier molecular flexibility index (Phi) is 4.49. The van der Waals surface area contributed by atoms with E-state index in [1.54, 1.807) is 6.07 Å². The summed E-state index contributed by atoms with van der Waals surface area (Å²) in [6, 6.07) is 4.24. The largest absolute Gasteiger partial charge is 0.492 e. The van der Waals surface area contributed by atoms with Crippen LogP contribution in [0.15, 0.2) is 18.2 Å². The minimum Gasteiger partial charge on any atom is -0.492 e. The molecular weight excluding hydrogens is 251 g/mol. The normalized spacial score (nSPS) is 15.8. The number of rotatable bonds is 5. The molecule has 1 heterocycles. The average molecular weight is 268 g/mol. The van der Waals surface area contributed by atoms with Crippen molar-refractivity contribution in [3.63, 3.8) is 0 Å². The Morgan fingerprint density at radius 1 is 1.39 bits per heavy atom. The minimum atomic E-state index is -0.357. The third-order valence-corrected chi connectivity index (χ3v) is 3.29. The number of hydrogen-bond acceptors (Lipinski definition) is 3. The molecule has 1 aliphatic rings. The predicted molar refractivity (Wildman–Crippen MR) is 73.5 cm³/mol. The maximum Gasteiger partial charge on any atom is 0.129 e. The molecule has 0 spiro atoms. The molecule has 1 aromatic rings. The van der Waals surface area contributed by atoms with Crippen LogP contribution >= 0.6 is 12.2 Å². The third-order valence-electron chi connectivity index (χ3n) is 3.07. The molecule has 3 nitrogen and oxygen atoms in total. The highest BCUT2D eigenvalue weighted by Crippen LogP contribution is 2.19. The van der Waals surface area contributed by atoms with Gasteiger partial charge in [-0.1, -0.05) is 12.2 Å². The molecule has 0 bridgehead atoms. The molecule has 0 radical (unpaired) electrons. The van der Waals surface area contributed by atoms with Crippen LogP contribution in [0.25, 0.3) is 0 Å². The third kappa shape index (κ3) is 3.40. The van der Waals surface area contributed by atoms with Crippen LogP contribution in [0.3, 0.4) is 0 Å². The zero-order chi connectivity index (χ0) is 13.0. The lowest BCUT2D eigenvalue weighted by molar-refractivity contribution is 0.237. The summed E-state index contributed by atoms with van der Waals surface area (Å²) < 4.78 is 18.7. The van der Waals surface area contributed by atoms with Crippen LogP contribution in [0.5, 0.6) is 5.75 Å². The molecule has 0 saturated carbocycles. The van der Waals surface area contributed by atoms with Gasteiger partial charge >= 0.3 is 0 Å². The van der Waals surface area contributed by atoms with Crippen molar-refractivity contribution in [2.45, 2.75) is 12.8 Å². The van der Waals surface area contributed by atoms with Gasteiger partial charge in [-0.2, -0.15) is 0 Å². The van der Waals surface area contributed by atoms with Gasteiger partial charge in [-0.15, -0.1) is 0 Å². The number of hydrogen-bond donors (Lipinski definition) is 1. The quantitative estimate of drug-likeness (QED) is 0.828. The number of nitrogens with two attached hydrogens (primary N) is 1. The van der Waals surface area contributed by atoms with E-state index in [-0.39, 0.29) is 10.8 Å². The van der Waals surface area contributed by atoms with E-state index in [9.17, 15) is 4.39 Å². The summed E-state index contributed by atoms with van der Waals surface area (Å²) in [7, 11) is 0. The van der Waals surface area contributed by atoms with Gasteiger partial charge in [0.15, 0.2) is 0 Å². The molecule has 1 aliphatic heterocycles. The first-order valence-electron chi connectivity index (χ1n) is 6.11. The lowest BCUT2D eigenvalue weighted by Crippen LogP contribution is -2.25. The zero-order valence-corrected chi connectivity index (χ0v) is 11.0. The number of benzene rings is 1. The fraction of sp³-hybridized carbons (Fsp3) is 0.462. The molecule has 1 aromatic carbocycles. The Bertz CT molecular complexity index is 433. The number of likely N-dealkylation sites (tertiary alicyclic amines) is 1. The highest BCUT2D eigenvalue weighted by atomic mass is 32.1. The van der Waals surface area contributed by atoms with Gasteiger partial charge in [0.05, 0.1) is 5.56 Å². The Morgan fingerprint density at radius 3 is 2.78 bits per heavy atom. The monoisotopic (exact) mass is 268 g/mol. The van der Waals surface area contributed by atoms with E-state index in [2.05, 4.69) is 4.90 Å². The summed E-state index contributed by atoms with van der Waals surface area (Å²) in [5.74, 6) is 0.202. The Hall–Kier alpha value is -1.20. The van der Waals surface area contributed by atoms with Gasteiger partial charge in [0.1, 0.15) is 23.2 Å². The van der Waals surface area contributed by atoms with Crippen molar-refractivity contribution in [1.82, 2.24) is 4.90 Å². The van der Waals surface area contributed by atoms with Crippen LogP contribution in [0.1, 0.15) is 18.4 Å². The highest BCUT2D eigenvalue weighted by molar-refractivity contribution is 7.80. The first-order chi connectivity index (χ1) is 8.66. The molecule has 2 N–H and O–H groups in total. The summed E-state index contributed by atoms with van der Waals surface area (Å²) in [6.45, 7) is 3.72. The lowest BCUT2D eigenvalue weighted by atomic mass is 10.2. The van der Waals surface area contributed by atoms with Crippen molar-refractivity contribution < 1.29 is 9.13 Å². The Labute approximate surface area is 112 Å². The summed E-state index contributed by atoms with van der Waals surface area (Å²) in [5, 5.41) is 0. The van der Waals surface area contributed by atoms with Crippen molar-refractivity contribution in [1.29, 1.82) is 0 Å². The average Bonchev–Trinajstić information content (AvgIpc) is 2.84. The fourth-order valence-corrected chi connectivity index (χ4v) is 2.27. The molecular formula is C13H17FN2OS. The maximum atomic E-state index is 13.1. The van der Waals surface area contributed by atoms with Crippen molar-refractivity contribution in [3.8, 4) is 5.75 Å². The lowest BCUT2D eigenvalue weighted by Gasteiger charge is -2.16. The van der Waals surface area contributed by atoms with Crippen molar-refractivity contribution in [3.05, 3.63) is 29.6 Å². The standard InChI is InChI=1S/C13H17FN2OS/c14-10-3-4-12(11(9-10)13(15)18)17-8-7-16-5-1-2-6-16/h3-4,9H,1-2,5-8H2,(H2,15,18). The minimum absolute atomic E-state index is 0.158. The number of thiocarbonyl (C=S) groups is 1. The first-order valence-corrected chi connectivity index (χ1v) is 6.52. The summed E-state index contributed by atoms with van der Waals surface area (Å²) in [5.41, 5.74) is 6.02. The number of nitrogens with zero attached hydrogens (tertiary/aromatic N) is 1. The van der Waals surface area contributed by atoms with E-state index in [1.165, 1.54) is 25.0 Å². The van der Waals surface area contributed by atoms with Gasteiger partial charge in [-0.25, -0.2) is 4.39 Å². The molecule has 18 heavy (non-hydrogen) atoms. The van der Waals surface area contributed by atoms with E-state index in [1.807, 2.05) is 0 Å². The van der Waals surface area contributed by atoms with Crippen LogP contribution in [0.4, 0.5) is 4.39 Å². The molecule has 0 unspecified atom stereocenters.